The van der Waals surface area contributed by atoms with Gasteiger partial charge < -0.3 is 15.0 Å². The van der Waals surface area contributed by atoms with Crippen molar-refractivity contribution in [3.8, 4) is 5.75 Å². The number of carbonyl (C=O) groups is 1. The SMILES string of the molecule is CCN(CC)CCOc1ccccc1NC(=O)c1ccc(S(C)=O)cc1. The number of hydrogen-bond acceptors (Lipinski definition) is 4. The van der Waals surface area contributed by atoms with Gasteiger partial charge in [-0.25, -0.2) is 0 Å². The standard InChI is InChI=1S/C20H26N2O3S/c1-4-22(5-2)14-15-25-19-9-7-6-8-18(19)21-20(23)16-10-12-17(13-11-16)26(3)24/h6-13H,4-5,14-15H2,1-3H3,(H,21,23). The summed E-state index contributed by atoms with van der Waals surface area (Å²) >= 11 is 0. The van der Waals surface area contributed by atoms with Crippen LogP contribution >= 0.6 is 0 Å². The highest BCUT2D eigenvalue weighted by Gasteiger charge is 2.11. The minimum absolute atomic E-state index is 0.224. The van der Waals surface area contributed by atoms with E-state index in [1.807, 2.05) is 24.3 Å². The quantitative estimate of drug-likeness (QED) is 0.731. The highest BCUT2D eigenvalue weighted by Crippen LogP contribution is 2.24. The third kappa shape index (κ3) is 5.68. The van der Waals surface area contributed by atoms with Crippen molar-refractivity contribution in [3.05, 3.63) is 54.1 Å². The Hall–Kier alpha value is -2.18. The molecule has 2 rings (SSSR count). The number of hydrogen-bond donors (Lipinski definition) is 1. The van der Waals surface area contributed by atoms with E-state index in [1.165, 1.54) is 0 Å². The summed E-state index contributed by atoms with van der Waals surface area (Å²) in [6.45, 7) is 7.61. The predicted molar refractivity (Wildman–Crippen MR) is 106 cm³/mol. The van der Waals surface area contributed by atoms with Crippen molar-refractivity contribution < 1.29 is 13.7 Å². The van der Waals surface area contributed by atoms with Crippen molar-refractivity contribution in [3.63, 3.8) is 0 Å². The van der Waals surface area contributed by atoms with Gasteiger partial charge in [0, 0.05) is 34.1 Å². The minimum Gasteiger partial charge on any atom is -0.490 e. The van der Waals surface area contributed by atoms with Crippen LogP contribution in [0.25, 0.3) is 0 Å². The van der Waals surface area contributed by atoms with Gasteiger partial charge in [-0.2, -0.15) is 0 Å². The second-order valence-corrected chi connectivity index (χ2v) is 7.18. The monoisotopic (exact) mass is 374 g/mol. The molecule has 140 valence electrons. The first-order chi connectivity index (χ1) is 12.5. The molecule has 0 saturated carbocycles. The summed E-state index contributed by atoms with van der Waals surface area (Å²) < 4.78 is 17.3. The third-order valence-electron chi connectivity index (χ3n) is 4.14. The Morgan fingerprint density at radius 1 is 1.08 bits per heavy atom. The van der Waals surface area contributed by atoms with Crippen LogP contribution in [0.4, 0.5) is 5.69 Å². The molecule has 26 heavy (non-hydrogen) atoms. The molecule has 1 unspecified atom stereocenters. The number of nitrogens with zero attached hydrogens (tertiary/aromatic N) is 1. The van der Waals surface area contributed by atoms with E-state index in [0.717, 1.165) is 19.6 Å². The molecule has 6 heteroatoms. The molecule has 0 aliphatic rings. The van der Waals surface area contributed by atoms with Crippen LogP contribution < -0.4 is 10.1 Å². The summed E-state index contributed by atoms with van der Waals surface area (Å²) in [5.41, 5.74) is 1.15. The largest absolute Gasteiger partial charge is 0.490 e. The molecule has 0 radical (unpaired) electrons. The molecule has 0 aliphatic carbocycles. The Labute approximate surface area is 157 Å². The lowest BCUT2D eigenvalue weighted by molar-refractivity contribution is 0.102. The van der Waals surface area contributed by atoms with Gasteiger partial charge in [-0.15, -0.1) is 0 Å². The molecular formula is C20H26N2O3S. The molecule has 1 amide bonds. The summed E-state index contributed by atoms with van der Waals surface area (Å²) in [7, 11) is -1.06. The number of anilines is 1. The van der Waals surface area contributed by atoms with Gasteiger partial charge in [0.25, 0.3) is 5.91 Å². The Kier molecular flexibility index (Phi) is 7.81. The molecule has 0 heterocycles. The van der Waals surface area contributed by atoms with Crippen LogP contribution in [0.5, 0.6) is 5.75 Å². The highest BCUT2D eigenvalue weighted by molar-refractivity contribution is 7.84. The Balaban J connectivity index is 2.02. The summed E-state index contributed by atoms with van der Waals surface area (Å²) in [4.78, 5) is 15.4. The summed E-state index contributed by atoms with van der Waals surface area (Å²) in [6.07, 6.45) is 1.61. The van der Waals surface area contributed by atoms with Crippen LogP contribution in [0.3, 0.4) is 0 Å². The zero-order chi connectivity index (χ0) is 18.9. The number of likely N-dealkylation sites (N-methyl/N-ethyl adjacent to an activating group) is 1. The van der Waals surface area contributed by atoms with Crippen LogP contribution in [-0.4, -0.2) is 47.5 Å². The van der Waals surface area contributed by atoms with E-state index >= 15 is 0 Å². The molecule has 0 bridgehead atoms. The van der Waals surface area contributed by atoms with Gasteiger partial charge in [-0.05, 0) is 49.5 Å². The normalized spacial score (nSPS) is 12.0. The molecule has 0 spiro atoms. The average molecular weight is 375 g/mol. The molecule has 0 fully saturated rings. The molecule has 0 saturated heterocycles. The van der Waals surface area contributed by atoms with Crippen LogP contribution in [0.15, 0.2) is 53.4 Å². The first kappa shape index (κ1) is 20.1. The van der Waals surface area contributed by atoms with Crippen molar-refractivity contribution in [2.45, 2.75) is 18.7 Å². The number of ether oxygens (including phenoxy) is 1. The number of benzene rings is 2. The van der Waals surface area contributed by atoms with Gasteiger partial charge in [0.2, 0.25) is 0 Å². The van der Waals surface area contributed by atoms with Crippen LogP contribution in [0.1, 0.15) is 24.2 Å². The van der Waals surface area contributed by atoms with Crippen molar-refractivity contribution >= 4 is 22.4 Å². The van der Waals surface area contributed by atoms with Gasteiger partial charge in [0.05, 0.1) is 5.69 Å². The van der Waals surface area contributed by atoms with Gasteiger partial charge in [-0.3, -0.25) is 9.00 Å². The lowest BCUT2D eigenvalue weighted by atomic mass is 10.2. The Bertz CT molecular complexity index is 743. The van der Waals surface area contributed by atoms with E-state index in [1.54, 1.807) is 30.5 Å². The molecule has 2 aromatic carbocycles. The predicted octanol–water partition coefficient (Wildman–Crippen LogP) is 3.40. The summed E-state index contributed by atoms with van der Waals surface area (Å²) in [6, 6.07) is 14.2. The first-order valence-electron chi connectivity index (χ1n) is 8.74. The fourth-order valence-corrected chi connectivity index (χ4v) is 3.03. The Morgan fingerprint density at radius 3 is 2.35 bits per heavy atom. The topological polar surface area (TPSA) is 58.6 Å². The molecular weight excluding hydrogens is 348 g/mol. The zero-order valence-corrected chi connectivity index (χ0v) is 16.3. The van der Waals surface area contributed by atoms with Gasteiger partial charge in [0.15, 0.2) is 0 Å². The third-order valence-corrected chi connectivity index (χ3v) is 5.08. The fraction of sp³-hybridized carbons (Fsp3) is 0.350. The Morgan fingerprint density at radius 2 is 1.73 bits per heavy atom. The van der Waals surface area contributed by atoms with Gasteiger partial charge >= 0.3 is 0 Å². The van der Waals surface area contributed by atoms with Crippen molar-refractivity contribution in [1.82, 2.24) is 4.90 Å². The second-order valence-electron chi connectivity index (χ2n) is 5.80. The minimum atomic E-state index is -1.06. The van der Waals surface area contributed by atoms with E-state index < -0.39 is 10.8 Å². The lowest BCUT2D eigenvalue weighted by Gasteiger charge is -2.19. The van der Waals surface area contributed by atoms with E-state index in [9.17, 15) is 9.00 Å². The van der Waals surface area contributed by atoms with Crippen molar-refractivity contribution in [2.75, 3.05) is 37.8 Å². The zero-order valence-electron chi connectivity index (χ0n) is 15.5. The number of para-hydroxylation sites is 2. The maximum Gasteiger partial charge on any atom is 0.255 e. The molecule has 0 aromatic heterocycles. The lowest BCUT2D eigenvalue weighted by Crippen LogP contribution is -2.28. The second kappa shape index (κ2) is 10.1. The highest BCUT2D eigenvalue weighted by atomic mass is 32.2. The maximum atomic E-state index is 12.5. The van der Waals surface area contributed by atoms with Crippen LogP contribution in [-0.2, 0) is 10.8 Å². The van der Waals surface area contributed by atoms with Gasteiger partial charge in [0.1, 0.15) is 12.4 Å². The number of nitrogens with one attached hydrogen (secondary N) is 1. The van der Waals surface area contributed by atoms with E-state index in [4.69, 9.17) is 4.74 Å². The number of amides is 1. The molecule has 1 atom stereocenters. The summed E-state index contributed by atoms with van der Waals surface area (Å²) in [5.74, 6) is 0.428. The van der Waals surface area contributed by atoms with Crippen LogP contribution in [0, 0.1) is 0 Å². The summed E-state index contributed by atoms with van der Waals surface area (Å²) in [5, 5.41) is 2.89. The first-order valence-corrected chi connectivity index (χ1v) is 10.3. The van der Waals surface area contributed by atoms with E-state index in [0.29, 0.717) is 28.5 Å². The van der Waals surface area contributed by atoms with E-state index in [-0.39, 0.29) is 5.91 Å². The van der Waals surface area contributed by atoms with Crippen molar-refractivity contribution in [1.29, 1.82) is 0 Å². The van der Waals surface area contributed by atoms with Crippen molar-refractivity contribution in [2.24, 2.45) is 0 Å². The molecule has 2 aromatic rings. The van der Waals surface area contributed by atoms with Crippen LogP contribution in [0.2, 0.25) is 0 Å². The smallest absolute Gasteiger partial charge is 0.255 e. The maximum absolute atomic E-state index is 12.5. The van der Waals surface area contributed by atoms with Gasteiger partial charge in [-0.1, -0.05) is 26.0 Å². The molecule has 1 N–H and O–H groups in total. The fourth-order valence-electron chi connectivity index (χ4n) is 2.51. The number of carbonyl (C=O) groups excluding carboxylic acids is 1. The average Bonchev–Trinajstić information content (AvgIpc) is 2.66. The molecule has 0 aliphatic heterocycles. The van der Waals surface area contributed by atoms with E-state index in [2.05, 4.69) is 24.1 Å². The number of rotatable bonds is 9. The molecule has 5 nitrogen and oxygen atoms in total.